The lowest BCUT2D eigenvalue weighted by molar-refractivity contribution is -0.121. The van der Waals surface area contributed by atoms with Crippen LogP contribution in [0.1, 0.15) is 11.1 Å². The Labute approximate surface area is 191 Å². The molecule has 0 radical (unpaired) electrons. The van der Waals surface area contributed by atoms with Crippen molar-refractivity contribution in [1.29, 1.82) is 0 Å². The van der Waals surface area contributed by atoms with Gasteiger partial charge in [-0.05, 0) is 30.3 Å². The molecule has 33 heavy (non-hydrogen) atoms. The Kier molecular flexibility index (Phi) is 6.99. The molecule has 0 spiro atoms. The summed E-state index contributed by atoms with van der Waals surface area (Å²) in [5.74, 6) is 0.488. The Balaban J connectivity index is 1.39. The van der Waals surface area contributed by atoms with Crippen LogP contribution in [0, 0.1) is 0 Å². The van der Waals surface area contributed by atoms with E-state index >= 15 is 0 Å². The van der Waals surface area contributed by atoms with E-state index in [2.05, 4.69) is 27.1 Å². The molecule has 0 unspecified atom stereocenters. The van der Waals surface area contributed by atoms with Crippen LogP contribution in [0.15, 0.2) is 70.5 Å². The maximum Gasteiger partial charge on any atom is 0.331 e. The number of anilines is 1. The van der Waals surface area contributed by atoms with Gasteiger partial charge in [0, 0.05) is 51.2 Å². The van der Waals surface area contributed by atoms with Gasteiger partial charge in [-0.2, -0.15) is 0 Å². The zero-order valence-electron chi connectivity index (χ0n) is 18.7. The fraction of sp³-hybridized carbons (Fsp3) is 0.333. The predicted octanol–water partition coefficient (Wildman–Crippen LogP) is 0.522. The van der Waals surface area contributed by atoms with Gasteiger partial charge in [-0.15, -0.1) is 0 Å². The van der Waals surface area contributed by atoms with Crippen LogP contribution in [-0.2, 0) is 24.4 Å². The highest BCUT2D eigenvalue weighted by Crippen LogP contribution is 2.14. The minimum atomic E-state index is -0.511. The number of hydrogen-bond donors (Lipinski definition) is 1. The monoisotopic (exact) mass is 448 g/mol. The molecule has 1 aliphatic heterocycles. The van der Waals surface area contributed by atoms with Crippen molar-refractivity contribution in [3.8, 4) is 0 Å². The fourth-order valence-electron chi connectivity index (χ4n) is 3.78. The van der Waals surface area contributed by atoms with Gasteiger partial charge in [0.2, 0.25) is 5.91 Å². The van der Waals surface area contributed by atoms with Crippen LogP contribution >= 0.6 is 0 Å². The number of likely N-dealkylation sites (N-methyl/N-ethyl adjacent to an activating group) is 1. The third kappa shape index (κ3) is 5.75. The van der Waals surface area contributed by atoms with Crippen LogP contribution in [-0.4, -0.2) is 58.2 Å². The Hall–Kier alpha value is -3.72. The lowest BCUT2D eigenvalue weighted by Gasteiger charge is -2.33. The van der Waals surface area contributed by atoms with Gasteiger partial charge in [0.05, 0.1) is 6.54 Å². The molecule has 0 bridgehead atoms. The molecule has 4 rings (SSSR count). The van der Waals surface area contributed by atoms with Crippen molar-refractivity contribution in [2.45, 2.75) is 19.6 Å². The second-order valence-corrected chi connectivity index (χ2v) is 8.23. The molecular weight excluding hydrogens is 420 g/mol. The van der Waals surface area contributed by atoms with Crippen LogP contribution in [0.3, 0.4) is 0 Å². The summed E-state index contributed by atoms with van der Waals surface area (Å²) in [4.78, 5) is 46.5. The van der Waals surface area contributed by atoms with Gasteiger partial charge < -0.3 is 15.1 Å². The smallest absolute Gasteiger partial charge is 0.331 e. The van der Waals surface area contributed by atoms with Gasteiger partial charge in [-0.1, -0.05) is 30.3 Å². The van der Waals surface area contributed by atoms with E-state index in [9.17, 15) is 14.4 Å². The number of rotatable bonds is 7. The summed E-state index contributed by atoms with van der Waals surface area (Å²) in [6, 6.07) is 14.6. The van der Waals surface area contributed by atoms with Crippen LogP contribution in [0.25, 0.3) is 0 Å². The quantitative estimate of drug-likeness (QED) is 0.567. The van der Waals surface area contributed by atoms with Gasteiger partial charge in [-0.3, -0.25) is 18.7 Å². The van der Waals surface area contributed by atoms with Crippen LogP contribution in [0.2, 0.25) is 0 Å². The molecule has 1 N–H and O–H groups in total. The van der Waals surface area contributed by atoms with E-state index in [0.29, 0.717) is 13.1 Å². The molecule has 2 aromatic heterocycles. The average molecular weight is 449 g/mol. The Morgan fingerprint density at radius 1 is 1.00 bits per heavy atom. The molecule has 9 heteroatoms. The number of aromatic nitrogens is 3. The number of nitrogens with zero attached hydrogens (tertiary/aromatic N) is 5. The van der Waals surface area contributed by atoms with E-state index < -0.39 is 17.2 Å². The van der Waals surface area contributed by atoms with Crippen LogP contribution < -0.4 is 21.5 Å². The second kappa shape index (κ2) is 10.3. The van der Waals surface area contributed by atoms with E-state index in [1.807, 2.05) is 42.5 Å². The first-order valence-electron chi connectivity index (χ1n) is 11.0. The van der Waals surface area contributed by atoms with Crippen molar-refractivity contribution in [3.05, 3.63) is 92.9 Å². The third-order valence-corrected chi connectivity index (χ3v) is 5.76. The van der Waals surface area contributed by atoms with E-state index in [4.69, 9.17) is 0 Å². The zero-order valence-corrected chi connectivity index (χ0v) is 18.7. The topological polar surface area (TPSA) is 92.5 Å². The molecular formula is C24H28N6O3. The highest BCUT2D eigenvalue weighted by Gasteiger charge is 2.16. The summed E-state index contributed by atoms with van der Waals surface area (Å²) in [5.41, 5.74) is 0.834. The first-order chi connectivity index (χ1) is 16.0. The molecule has 0 aliphatic carbocycles. The van der Waals surface area contributed by atoms with E-state index in [1.54, 1.807) is 6.20 Å². The molecule has 1 aliphatic rings. The predicted molar refractivity (Wildman–Crippen MR) is 126 cm³/mol. The van der Waals surface area contributed by atoms with Crippen LogP contribution in [0.4, 0.5) is 5.82 Å². The number of carbonyl (C=O) groups is 1. The van der Waals surface area contributed by atoms with E-state index in [-0.39, 0.29) is 6.54 Å². The molecule has 1 fully saturated rings. The van der Waals surface area contributed by atoms with E-state index in [0.717, 1.165) is 47.7 Å². The Morgan fingerprint density at radius 3 is 2.52 bits per heavy atom. The van der Waals surface area contributed by atoms with E-state index in [1.165, 1.54) is 16.8 Å². The molecule has 3 heterocycles. The molecule has 0 saturated carbocycles. The van der Waals surface area contributed by atoms with Gasteiger partial charge in [0.15, 0.2) is 0 Å². The van der Waals surface area contributed by atoms with Gasteiger partial charge in [-0.25, -0.2) is 9.78 Å². The third-order valence-electron chi connectivity index (χ3n) is 5.76. The molecule has 0 atom stereocenters. The van der Waals surface area contributed by atoms with Crippen molar-refractivity contribution < 1.29 is 4.79 Å². The number of piperazine rings is 1. The molecule has 172 valence electrons. The molecule has 1 amide bonds. The minimum Gasteiger partial charge on any atom is -0.354 e. The summed E-state index contributed by atoms with van der Waals surface area (Å²) in [6.45, 7) is 4.07. The van der Waals surface area contributed by atoms with Crippen molar-refractivity contribution >= 4 is 11.7 Å². The van der Waals surface area contributed by atoms with Crippen molar-refractivity contribution in [2.24, 2.45) is 0 Å². The molecule has 1 saturated heterocycles. The van der Waals surface area contributed by atoms with Gasteiger partial charge in [0.25, 0.3) is 5.56 Å². The summed E-state index contributed by atoms with van der Waals surface area (Å²) in [5, 5.41) is 2.81. The molecule has 3 aromatic rings. The summed E-state index contributed by atoms with van der Waals surface area (Å²) in [7, 11) is 2.10. The maximum atomic E-state index is 12.8. The minimum absolute atomic E-state index is 0.294. The Bertz CT molecular complexity index is 1210. The molecule has 1 aromatic carbocycles. The number of benzene rings is 1. The first kappa shape index (κ1) is 22.5. The SMILES string of the molecule is CN1CCN(c2cc(CNC(=O)Cn3c(=O)ccn(Cc4ccccc4)c3=O)ccn2)CC1. The Morgan fingerprint density at radius 2 is 1.76 bits per heavy atom. The standard InChI is InChI=1S/C24H28N6O3/c1-27-11-13-28(14-12-27)21-15-20(7-9-25-21)16-26-22(31)18-30-23(32)8-10-29(24(30)33)17-19-5-3-2-4-6-19/h2-10,15H,11-14,16-18H2,1H3,(H,26,31). The highest BCUT2D eigenvalue weighted by atomic mass is 16.2. The lowest BCUT2D eigenvalue weighted by Crippen LogP contribution is -2.44. The number of amides is 1. The normalized spacial score (nSPS) is 14.3. The number of carbonyl (C=O) groups excluding carboxylic acids is 1. The van der Waals surface area contributed by atoms with Gasteiger partial charge in [0.1, 0.15) is 12.4 Å². The summed E-state index contributed by atoms with van der Waals surface area (Å²) >= 11 is 0. The van der Waals surface area contributed by atoms with Crippen molar-refractivity contribution in [1.82, 2.24) is 24.3 Å². The van der Waals surface area contributed by atoms with Gasteiger partial charge >= 0.3 is 5.69 Å². The van der Waals surface area contributed by atoms with Crippen molar-refractivity contribution in [3.63, 3.8) is 0 Å². The average Bonchev–Trinajstić information content (AvgIpc) is 2.83. The number of pyridine rings is 1. The first-order valence-corrected chi connectivity index (χ1v) is 11.0. The summed E-state index contributed by atoms with van der Waals surface area (Å²) < 4.78 is 2.38. The number of hydrogen-bond acceptors (Lipinski definition) is 6. The fourth-order valence-corrected chi connectivity index (χ4v) is 3.78. The van der Waals surface area contributed by atoms with Crippen molar-refractivity contribution in [2.75, 3.05) is 38.1 Å². The second-order valence-electron chi connectivity index (χ2n) is 8.23. The number of nitrogens with one attached hydrogen (secondary N) is 1. The summed E-state index contributed by atoms with van der Waals surface area (Å²) in [6.07, 6.45) is 3.20. The largest absolute Gasteiger partial charge is 0.354 e. The maximum absolute atomic E-state index is 12.8. The highest BCUT2D eigenvalue weighted by molar-refractivity contribution is 5.75. The zero-order chi connectivity index (χ0) is 23.2. The van der Waals surface area contributed by atoms with Crippen LogP contribution in [0.5, 0.6) is 0 Å². The lowest BCUT2D eigenvalue weighted by atomic mass is 10.2. The molecule has 9 nitrogen and oxygen atoms in total.